The molecule has 6 heterocycles. The molecule has 16 nitrogen and oxygen atoms in total. The number of hydrogen-bond acceptors (Lipinski definition) is 11. The van der Waals surface area contributed by atoms with Gasteiger partial charge in [-0.2, -0.15) is 81.0 Å². The lowest BCUT2D eigenvalue weighted by Gasteiger charge is -2.37. The van der Waals surface area contributed by atoms with Gasteiger partial charge in [0.1, 0.15) is 23.9 Å². The number of methoxy groups -OCH3 is 1. The van der Waals surface area contributed by atoms with E-state index in [1.165, 1.54) is 9.91 Å². The van der Waals surface area contributed by atoms with Gasteiger partial charge in [0, 0.05) is 74.8 Å². The van der Waals surface area contributed by atoms with Crippen LogP contribution in [0.1, 0.15) is 103 Å². The summed E-state index contributed by atoms with van der Waals surface area (Å²) in [6.45, 7) is 16.6. The van der Waals surface area contributed by atoms with Crippen molar-refractivity contribution in [2.45, 2.75) is 130 Å². The number of rotatable bonds is 10. The fourth-order valence-corrected chi connectivity index (χ4v) is 11.5. The number of pyridine rings is 1. The van der Waals surface area contributed by atoms with Crippen molar-refractivity contribution in [2.24, 2.45) is 17.3 Å². The molecule has 6 bridgehead atoms. The Morgan fingerprint density at radius 1 is 0.948 bits per heavy atom. The van der Waals surface area contributed by atoms with Gasteiger partial charge < -0.3 is 34.3 Å². The fourth-order valence-electron chi connectivity index (χ4n) is 11.5. The van der Waals surface area contributed by atoms with Crippen LogP contribution in [0.15, 0.2) is 54.7 Å². The molecular formula is C55H86N8O8S6. The average molecular weight is 1180 g/mol. The number of nitrogens with zero attached hydrogens (tertiary/aromatic N) is 6. The molecule has 22 heteroatoms. The molecule has 0 spiro atoms. The van der Waals surface area contributed by atoms with Gasteiger partial charge in [-0.05, 0) is 137 Å². The monoisotopic (exact) mass is 1180 g/mol. The first-order valence-corrected chi connectivity index (χ1v) is 25.5. The number of ether oxygens (including phenoxy) is 2. The summed E-state index contributed by atoms with van der Waals surface area (Å²) in [4.78, 5) is 81.8. The minimum atomic E-state index is -1.16. The minimum Gasteiger partial charge on any atom is -0.508 e. The fraction of sp³-hybridized carbons (Fsp3) is 0.564. The molecule has 77 heavy (non-hydrogen) atoms. The second kappa shape index (κ2) is 28.6. The number of phenolic OH excluding ortho intramolecular Hbond substituents is 1. The maximum atomic E-state index is 14.8. The van der Waals surface area contributed by atoms with Gasteiger partial charge in [0.25, 0.3) is 5.91 Å². The number of cyclic esters (lactones) is 1. The number of fused-ring (bicyclic) bond motifs is 6. The summed E-state index contributed by atoms with van der Waals surface area (Å²) in [5.74, 6) is -2.49. The van der Waals surface area contributed by atoms with Gasteiger partial charge in [0.05, 0.1) is 35.6 Å². The van der Waals surface area contributed by atoms with Crippen LogP contribution >= 0.6 is 81.0 Å². The van der Waals surface area contributed by atoms with Crippen molar-refractivity contribution in [3.8, 4) is 28.1 Å². The van der Waals surface area contributed by atoms with Crippen LogP contribution in [-0.2, 0) is 52.8 Å². The number of likely N-dealkylation sites (tertiary alicyclic amines) is 2. The highest BCUT2D eigenvalue weighted by Gasteiger charge is 2.47. The molecule has 0 saturated carbocycles. The second-order valence-electron chi connectivity index (χ2n) is 21.7. The molecule has 4 amide bonds. The number of amides is 4. The lowest BCUT2D eigenvalue weighted by Crippen LogP contribution is -2.62. The van der Waals surface area contributed by atoms with Crippen molar-refractivity contribution >= 4 is 121 Å². The highest BCUT2D eigenvalue weighted by atomic mass is 32.1. The normalized spacial score (nSPS) is 22.0. The summed E-state index contributed by atoms with van der Waals surface area (Å²) in [5, 5.41) is 16.8. The van der Waals surface area contributed by atoms with E-state index in [9.17, 15) is 29.1 Å². The molecule has 6 atom stereocenters. The average Bonchev–Trinajstić information content (AvgIpc) is 4.06. The molecule has 0 aliphatic carbocycles. The molecule has 430 valence electrons. The summed E-state index contributed by atoms with van der Waals surface area (Å²) in [7, 11) is 5.26. The van der Waals surface area contributed by atoms with Gasteiger partial charge in [0.15, 0.2) is 0 Å². The summed E-state index contributed by atoms with van der Waals surface area (Å²) in [6.07, 6.45) is 5.18. The number of benzene rings is 2. The molecule has 3 N–H and O–H groups in total. The molecule has 0 radical (unpaired) electrons. The van der Waals surface area contributed by atoms with Crippen LogP contribution in [0.4, 0.5) is 0 Å². The van der Waals surface area contributed by atoms with E-state index in [1.807, 2.05) is 52.9 Å². The lowest BCUT2D eigenvalue weighted by molar-refractivity contribution is -0.155. The largest absolute Gasteiger partial charge is 0.508 e. The third-order valence-electron chi connectivity index (χ3n) is 15.6. The van der Waals surface area contributed by atoms with Gasteiger partial charge in [-0.25, -0.2) is 5.43 Å². The SMILES string of the molecule is CCn1c(-c2cccnc2[C@H](C)OC)c2c3cc(ccc31)-c1cc(O)cc(c1)C[C@H](NC(=O)[C@H](C(C)C)N(C)C(=O)[C@H]1CCN(C(=O)[C@]3(C)CCCN3C)C1)C(=O)N1CCC[C@H](N1)C(=O)OCC(C)(C)C2.S.S.S.S.S.S. The summed E-state index contributed by atoms with van der Waals surface area (Å²) >= 11 is 0. The van der Waals surface area contributed by atoms with Crippen LogP contribution < -0.4 is 10.7 Å². The Kier molecular flexibility index (Phi) is 25.8. The number of carbonyl (C=O) groups excluding carboxylic acids is 5. The minimum absolute atomic E-state index is 0. The van der Waals surface area contributed by atoms with Gasteiger partial charge in [-0.1, -0.05) is 39.8 Å². The Morgan fingerprint density at radius 2 is 1.66 bits per heavy atom. The number of carbonyl (C=O) groups is 5. The molecule has 3 saturated heterocycles. The van der Waals surface area contributed by atoms with E-state index in [2.05, 4.69) is 59.2 Å². The first-order valence-electron chi connectivity index (χ1n) is 25.5. The second-order valence-corrected chi connectivity index (χ2v) is 21.7. The Labute approximate surface area is 497 Å². The van der Waals surface area contributed by atoms with Crippen LogP contribution in [-0.4, -0.2) is 142 Å². The van der Waals surface area contributed by atoms with Crippen molar-refractivity contribution in [2.75, 3.05) is 54.0 Å². The van der Waals surface area contributed by atoms with Crippen LogP contribution in [0.2, 0.25) is 0 Å². The van der Waals surface area contributed by atoms with Crippen LogP contribution in [0.3, 0.4) is 0 Å². The Morgan fingerprint density at radius 3 is 2.31 bits per heavy atom. The number of hydrogen-bond donors (Lipinski definition) is 3. The quantitative estimate of drug-likeness (QED) is 0.140. The maximum Gasteiger partial charge on any atom is 0.324 e. The smallest absolute Gasteiger partial charge is 0.324 e. The number of aromatic nitrogens is 2. The molecule has 3 fully saturated rings. The molecular weight excluding hydrogens is 1090 g/mol. The van der Waals surface area contributed by atoms with Crippen LogP contribution in [0.25, 0.3) is 33.3 Å². The maximum absolute atomic E-state index is 14.8. The summed E-state index contributed by atoms with van der Waals surface area (Å²) < 4.78 is 14.3. The summed E-state index contributed by atoms with van der Waals surface area (Å²) in [5.41, 5.74) is 8.98. The highest BCUT2D eigenvalue weighted by Crippen LogP contribution is 2.42. The number of likely N-dealkylation sites (N-methyl/N-ethyl adjacent to an activating group) is 2. The van der Waals surface area contributed by atoms with Crippen LogP contribution in [0, 0.1) is 17.3 Å². The van der Waals surface area contributed by atoms with Crippen molar-refractivity contribution in [1.29, 1.82) is 0 Å². The first kappa shape index (κ1) is 69.4. The van der Waals surface area contributed by atoms with E-state index in [0.29, 0.717) is 44.3 Å². The van der Waals surface area contributed by atoms with Gasteiger partial charge >= 0.3 is 5.97 Å². The molecule has 8 rings (SSSR count). The van der Waals surface area contributed by atoms with Crippen LogP contribution in [0.5, 0.6) is 5.75 Å². The van der Waals surface area contributed by atoms with E-state index in [-0.39, 0.29) is 137 Å². The summed E-state index contributed by atoms with van der Waals surface area (Å²) in [6, 6.07) is 12.6. The molecule has 2 aromatic carbocycles. The van der Waals surface area contributed by atoms with E-state index in [4.69, 9.17) is 14.5 Å². The first-order chi connectivity index (χ1) is 33.7. The Bertz CT molecular complexity index is 2710. The van der Waals surface area contributed by atoms with Crippen molar-refractivity contribution in [3.05, 3.63) is 71.5 Å². The van der Waals surface area contributed by atoms with E-state index in [0.717, 1.165) is 63.9 Å². The number of nitrogens with one attached hydrogen (secondary N) is 2. The highest BCUT2D eigenvalue weighted by molar-refractivity contribution is 7.60. The third kappa shape index (κ3) is 14.4. The zero-order valence-electron chi connectivity index (χ0n) is 46.3. The number of phenols is 1. The zero-order chi connectivity index (χ0) is 51.1. The Hall–Kier alpha value is -3.74. The molecule has 2 aromatic heterocycles. The topological polar surface area (TPSA) is 179 Å². The Balaban J connectivity index is 0.00000338. The number of aromatic hydroxyl groups is 1. The molecule has 4 aromatic rings. The third-order valence-corrected chi connectivity index (χ3v) is 15.6. The lowest BCUT2D eigenvalue weighted by atomic mass is 9.84. The molecule has 0 unspecified atom stereocenters. The molecule has 4 aliphatic rings. The van der Waals surface area contributed by atoms with Crippen molar-refractivity contribution < 1.29 is 38.6 Å². The van der Waals surface area contributed by atoms with Gasteiger partial charge in [0.2, 0.25) is 17.7 Å². The number of hydrazine groups is 1. The molecule has 4 aliphatic heterocycles. The standard InChI is InChI=1S/C55H74N8O8.6H2S/c1-11-62-45-18-17-36-29-41(45)42(48(62)40-15-12-21-56-46(40)34(4)70-10)30-54(5,6)32-71-52(68)43-16-13-23-63(58-43)51(67)44(27-35-25-38(36)28-39(64)26-35)57-49(65)47(33(2)3)60(9)50(66)37-19-24-61(31-37)53(69)55(7)20-14-22-59(55)8;;;;;;/h12,15,17-18,21,25-26,28-29,33-34,37,43-44,47,58,64H,11,13-14,16,19-20,22-24,27,30-32H2,1-10H3,(H,57,65);6*1H2/t34-,37-,43-,44-,47-,55-;;;;;;/m0....../s1. The van der Waals surface area contributed by atoms with E-state index in [1.54, 1.807) is 37.4 Å². The van der Waals surface area contributed by atoms with E-state index < -0.39 is 52.8 Å². The predicted molar refractivity (Wildman–Crippen MR) is 334 cm³/mol. The van der Waals surface area contributed by atoms with Gasteiger partial charge in [-0.15, -0.1) is 0 Å². The number of aryl methyl sites for hydroxylation is 1. The van der Waals surface area contributed by atoms with Crippen molar-refractivity contribution in [3.63, 3.8) is 0 Å². The zero-order valence-corrected chi connectivity index (χ0v) is 52.3. The predicted octanol–water partition coefficient (Wildman–Crippen LogP) is 6.94. The van der Waals surface area contributed by atoms with Crippen molar-refractivity contribution in [1.82, 2.24) is 40.0 Å². The van der Waals surface area contributed by atoms with E-state index >= 15 is 0 Å². The number of esters is 1. The van der Waals surface area contributed by atoms with Gasteiger partial charge in [-0.3, -0.25) is 38.9 Å².